The summed E-state index contributed by atoms with van der Waals surface area (Å²) in [6, 6.07) is 10.3. The number of aliphatic carboxylic acids is 1. The monoisotopic (exact) mass is 445 g/mol. The lowest BCUT2D eigenvalue weighted by Crippen LogP contribution is -2.15. The third kappa shape index (κ3) is 5.39. The number of sulfonamides is 1. The number of carboxylic acids is 1. The number of aryl methyl sites for hydroxylation is 2. The lowest BCUT2D eigenvalue weighted by molar-refractivity contribution is -0.139. The molecular formula is C20H19N3O7S. The van der Waals surface area contributed by atoms with Crippen LogP contribution in [0.3, 0.4) is 0 Å². The van der Waals surface area contributed by atoms with Crippen molar-refractivity contribution in [3.05, 3.63) is 65.5 Å². The highest BCUT2D eigenvalue weighted by molar-refractivity contribution is 7.92. The molecule has 3 aromatic rings. The summed E-state index contributed by atoms with van der Waals surface area (Å²) in [7, 11) is -3.94. The van der Waals surface area contributed by atoms with Gasteiger partial charge < -0.3 is 19.7 Å². The average molecular weight is 445 g/mol. The molecule has 0 spiro atoms. The molecular weight excluding hydrogens is 426 g/mol. The Bertz CT molecular complexity index is 1240. The molecule has 162 valence electrons. The van der Waals surface area contributed by atoms with Crippen LogP contribution < -0.4 is 14.8 Å². The van der Waals surface area contributed by atoms with Gasteiger partial charge in [0.15, 0.2) is 6.61 Å². The summed E-state index contributed by atoms with van der Waals surface area (Å²) >= 11 is 0. The molecule has 2 aromatic carbocycles. The number of benzene rings is 2. The van der Waals surface area contributed by atoms with Crippen molar-refractivity contribution in [2.24, 2.45) is 0 Å². The van der Waals surface area contributed by atoms with E-state index in [1.54, 1.807) is 26.0 Å². The van der Waals surface area contributed by atoms with Crippen LogP contribution in [0.4, 0.5) is 11.4 Å². The van der Waals surface area contributed by atoms with E-state index in [9.17, 15) is 18.0 Å². The van der Waals surface area contributed by atoms with Crippen molar-refractivity contribution >= 4 is 33.3 Å². The van der Waals surface area contributed by atoms with E-state index in [0.717, 1.165) is 0 Å². The maximum absolute atomic E-state index is 12.7. The van der Waals surface area contributed by atoms with E-state index in [1.165, 1.54) is 36.5 Å². The number of amides is 1. The largest absolute Gasteiger partial charge is 0.482 e. The first-order chi connectivity index (χ1) is 14.7. The Balaban J connectivity index is 1.75. The van der Waals surface area contributed by atoms with Gasteiger partial charge in [0.2, 0.25) is 0 Å². The Morgan fingerprint density at radius 1 is 1.13 bits per heavy atom. The molecule has 0 bridgehead atoms. The zero-order valence-corrected chi connectivity index (χ0v) is 17.4. The van der Waals surface area contributed by atoms with Crippen molar-refractivity contribution in [3.63, 3.8) is 0 Å². The molecule has 11 heteroatoms. The molecule has 0 radical (unpaired) electrons. The second-order valence-electron chi connectivity index (χ2n) is 6.55. The highest BCUT2D eigenvalue weighted by atomic mass is 32.2. The lowest BCUT2D eigenvalue weighted by Gasteiger charge is -2.12. The first-order valence-electron chi connectivity index (χ1n) is 8.96. The van der Waals surface area contributed by atoms with E-state index >= 15 is 0 Å². The number of aromatic nitrogens is 1. The number of carbonyl (C=O) groups is 2. The fraction of sp³-hybridized carbons (Fsp3) is 0.150. The molecule has 31 heavy (non-hydrogen) atoms. The maximum atomic E-state index is 12.7. The summed E-state index contributed by atoms with van der Waals surface area (Å²) in [4.78, 5) is 22.9. The Kier molecular flexibility index (Phi) is 6.25. The first-order valence-corrected chi connectivity index (χ1v) is 10.4. The normalized spacial score (nSPS) is 11.0. The zero-order chi connectivity index (χ0) is 22.6. The van der Waals surface area contributed by atoms with Crippen LogP contribution in [0.15, 0.2) is 58.1 Å². The number of anilines is 2. The van der Waals surface area contributed by atoms with E-state index < -0.39 is 28.5 Å². The molecule has 10 nitrogen and oxygen atoms in total. The van der Waals surface area contributed by atoms with Gasteiger partial charge in [-0.1, -0.05) is 11.2 Å². The second-order valence-corrected chi connectivity index (χ2v) is 8.23. The molecule has 0 aliphatic carbocycles. The predicted molar refractivity (Wildman–Crippen MR) is 111 cm³/mol. The van der Waals surface area contributed by atoms with E-state index in [0.29, 0.717) is 17.0 Å². The first kappa shape index (κ1) is 21.8. The minimum atomic E-state index is -3.94. The summed E-state index contributed by atoms with van der Waals surface area (Å²) in [5.74, 6) is -0.939. The number of carboxylic acid groups (broad SMARTS) is 1. The molecule has 1 heterocycles. The van der Waals surface area contributed by atoms with Gasteiger partial charge in [0.25, 0.3) is 15.9 Å². The van der Waals surface area contributed by atoms with Crippen LogP contribution in [0.1, 0.15) is 21.7 Å². The van der Waals surface area contributed by atoms with Gasteiger partial charge in [-0.25, -0.2) is 13.2 Å². The third-order valence-electron chi connectivity index (χ3n) is 4.18. The summed E-state index contributed by atoms with van der Waals surface area (Å²) in [6.07, 6.45) is 1.30. The smallest absolute Gasteiger partial charge is 0.341 e. The number of hydrogen-bond donors (Lipinski definition) is 3. The molecule has 0 saturated carbocycles. The molecule has 0 unspecified atom stereocenters. The van der Waals surface area contributed by atoms with Gasteiger partial charge in [0.05, 0.1) is 16.8 Å². The van der Waals surface area contributed by atoms with Gasteiger partial charge >= 0.3 is 5.97 Å². The number of ether oxygens (including phenoxy) is 1. The molecule has 0 aliphatic heterocycles. The lowest BCUT2D eigenvalue weighted by atomic mass is 10.2. The standard InChI is InChI=1S/C20H19N3O7S/c1-12-8-16(6-7-18(12)29-11-19(24)25)31(27,28)23-15-5-3-4-14(9-15)22-20(26)17-10-21-30-13(17)2/h3-10,23H,11H2,1-2H3,(H,22,26)(H,24,25). The number of carbonyl (C=O) groups excluding carboxylic acids is 1. The molecule has 1 aromatic heterocycles. The van der Waals surface area contributed by atoms with Crippen molar-refractivity contribution in [3.8, 4) is 5.75 Å². The Hall–Kier alpha value is -3.86. The van der Waals surface area contributed by atoms with E-state index in [4.69, 9.17) is 14.4 Å². The van der Waals surface area contributed by atoms with Crippen LogP contribution in [0.25, 0.3) is 0 Å². The molecule has 1 amide bonds. The van der Waals surface area contributed by atoms with Crippen molar-refractivity contribution in [2.45, 2.75) is 18.7 Å². The number of nitrogens with one attached hydrogen (secondary N) is 2. The van der Waals surface area contributed by atoms with E-state index in [1.807, 2.05) is 0 Å². The Morgan fingerprint density at radius 2 is 1.87 bits per heavy atom. The fourth-order valence-corrected chi connectivity index (χ4v) is 3.81. The summed E-state index contributed by atoms with van der Waals surface area (Å²) in [5.41, 5.74) is 1.35. The van der Waals surface area contributed by atoms with Crippen LogP contribution in [0.2, 0.25) is 0 Å². The quantitative estimate of drug-likeness (QED) is 0.479. The maximum Gasteiger partial charge on any atom is 0.341 e. The molecule has 3 rings (SSSR count). The number of rotatable bonds is 8. The zero-order valence-electron chi connectivity index (χ0n) is 16.6. The molecule has 0 saturated heterocycles. The molecule has 3 N–H and O–H groups in total. The minimum Gasteiger partial charge on any atom is -0.482 e. The summed E-state index contributed by atoms with van der Waals surface area (Å²) in [6.45, 7) is 2.68. The van der Waals surface area contributed by atoms with Crippen molar-refractivity contribution in [1.29, 1.82) is 0 Å². The summed E-state index contributed by atoms with van der Waals surface area (Å²) in [5, 5.41) is 14.9. The summed E-state index contributed by atoms with van der Waals surface area (Å²) < 4.78 is 37.9. The molecule has 0 atom stereocenters. The van der Waals surface area contributed by atoms with Crippen LogP contribution in [-0.4, -0.2) is 37.2 Å². The van der Waals surface area contributed by atoms with Crippen LogP contribution in [0.5, 0.6) is 5.75 Å². The topological polar surface area (TPSA) is 148 Å². The highest BCUT2D eigenvalue weighted by Crippen LogP contribution is 2.25. The highest BCUT2D eigenvalue weighted by Gasteiger charge is 2.17. The average Bonchev–Trinajstić information content (AvgIpc) is 3.13. The van der Waals surface area contributed by atoms with E-state index in [2.05, 4.69) is 15.2 Å². The van der Waals surface area contributed by atoms with Gasteiger partial charge in [0.1, 0.15) is 17.1 Å². The van der Waals surface area contributed by atoms with Gasteiger partial charge in [-0.05, 0) is 55.8 Å². The van der Waals surface area contributed by atoms with Crippen LogP contribution in [0, 0.1) is 13.8 Å². The van der Waals surface area contributed by atoms with Crippen LogP contribution >= 0.6 is 0 Å². The Morgan fingerprint density at radius 3 is 2.52 bits per heavy atom. The Labute approximate surface area is 177 Å². The fourth-order valence-electron chi connectivity index (χ4n) is 2.68. The van der Waals surface area contributed by atoms with E-state index in [-0.39, 0.29) is 21.9 Å². The van der Waals surface area contributed by atoms with Crippen LogP contribution in [-0.2, 0) is 14.8 Å². The molecule has 0 fully saturated rings. The SMILES string of the molecule is Cc1cc(S(=O)(=O)Nc2cccc(NC(=O)c3cnoc3C)c2)ccc1OCC(=O)O. The van der Waals surface area contributed by atoms with Gasteiger partial charge in [0, 0.05) is 5.69 Å². The minimum absolute atomic E-state index is 0.0257. The number of nitrogens with zero attached hydrogens (tertiary/aromatic N) is 1. The number of hydrogen-bond acceptors (Lipinski definition) is 7. The van der Waals surface area contributed by atoms with Crippen molar-refractivity contribution in [1.82, 2.24) is 5.16 Å². The molecule has 0 aliphatic rings. The van der Waals surface area contributed by atoms with Gasteiger partial charge in [-0.2, -0.15) is 0 Å². The predicted octanol–water partition coefficient (Wildman–Crippen LogP) is 2.81. The third-order valence-corrected chi connectivity index (χ3v) is 5.55. The van der Waals surface area contributed by atoms with Gasteiger partial charge in [-0.3, -0.25) is 9.52 Å². The van der Waals surface area contributed by atoms with Gasteiger partial charge in [-0.15, -0.1) is 0 Å². The van der Waals surface area contributed by atoms with Crippen molar-refractivity contribution in [2.75, 3.05) is 16.6 Å². The second kappa shape index (κ2) is 8.88. The van der Waals surface area contributed by atoms with Crippen molar-refractivity contribution < 1.29 is 32.4 Å².